The van der Waals surface area contributed by atoms with Crippen LogP contribution in [0.25, 0.3) is 0 Å². The van der Waals surface area contributed by atoms with Crippen molar-refractivity contribution in [3.63, 3.8) is 0 Å². The van der Waals surface area contributed by atoms with Gasteiger partial charge in [0.2, 0.25) is 5.91 Å². The molecule has 1 fully saturated rings. The van der Waals surface area contributed by atoms with Crippen LogP contribution in [-0.4, -0.2) is 37.6 Å². The molecule has 1 amide bonds. The fourth-order valence-electron chi connectivity index (χ4n) is 3.27. The van der Waals surface area contributed by atoms with Crippen LogP contribution in [0.2, 0.25) is 0 Å². The Kier molecular flexibility index (Phi) is 5.84. The van der Waals surface area contributed by atoms with Gasteiger partial charge in [-0.3, -0.25) is 4.79 Å². The maximum Gasteiger partial charge on any atom is 0.238 e. The molecule has 0 bridgehead atoms. The molecule has 2 rings (SSSR count). The second-order valence-electron chi connectivity index (χ2n) is 6.61. The molecule has 1 aliphatic heterocycles. The summed E-state index contributed by atoms with van der Waals surface area (Å²) in [7, 11) is -3.45. The summed E-state index contributed by atoms with van der Waals surface area (Å²) in [4.78, 5) is 14.3. The highest BCUT2D eigenvalue weighted by molar-refractivity contribution is 7.91. The van der Waals surface area contributed by atoms with Crippen LogP contribution >= 0.6 is 0 Å². The molecular weight excluding hydrogens is 310 g/mol. The van der Waals surface area contributed by atoms with E-state index in [4.69, 9.17) is 0 Å². The van der Waals surface area contributed by atoms with E-state index in [0.717, 1.165) is 42.4 Å². The van der Waals surface area contributed by atoms with Crippen molar-refractivity contribution in [1.29, 1.82) is 0 Å². The maximum atomic E-state index is 12.5. The number of carbonyl (C=O) groups is 1. The van der Waals surface area contributed by atoms with Gasteiger partial charge in [0, 0.05) is 12.6 Å². The molecule has 1 atom stereocenters. The van der Waals surface area contributed by atoms with Crippen molar-refractivity contribution < 1.29 is 13.2 Å². The second kappa shape index (κ2) is 7.47. The summed E-state index contributed by atoms with van der Waals surface area (Å²) in [5, 5.41) is 0. The topological polar surface area (TPSA) is 54.5 Å². The van der Waals surface area contributed by atoms with E-state index < -0.39 is 9.84 Å². The second-order valence-corrected chi connectivity index (χ2v) is 8.67. The number of rotatable bonds is 5. The number of piperidine rings is 1. The SMILES string of the molecule is CC[C@H]1CCCCN1C(=O)CS(=O)(=O)Cc1cc(C)ccc1C. The standard InChI is InChI=1S/C18H27NO3S/c1-4-17-7-5-6-10-19(17)18(20)13-23(21,22)12-16-11-14(2)8-9-15(16)3/h8-9,11,17H,4-7,10,12-13H2,1-3H3/t17-/m0/s1. The highest BCUT2D eigenvalue weighted by Crippen LogP contribution is 2.21. The summed E-state index contributed by atoms with van der Waals surface area (Å²) in [5.41, 5.74) is 2.79. The van der Waals surface area contributed by atoms with E-state index in [1.807, 2.05) is 32.0 Å². The van der Waals surface area contributed by atoms with Gasteiger partial charge in [0.25, 0.3) is 0 Å². The third-order valence-corrected chi connectivity index (χ3v) is 6.08. The predicted octanol–water partition coefficient (Wildman–Crippen LogP) is 3.01. The van der Waals surface area contributed by atoms with Crippen LogP contribution < -0.4 is 0 Å². The zero-order valence-electron chi connectivity index (χ0n) is 14.3. The minimum absolute atomic E-state index is 0.0586. The van der Waals surface area contributed by atoms with E-state index in [0.29, 0.717) is 6.54 Å². The zero-order chi connectivity index (χ0) is 17.0. The molecule has 4 nitrogen and oxygen atoms in total. The van der Waals surface area contributed by atoms with Crippen LogP contribution in [0.15, 0.2) is 18.2 Å². The molecule has 0 aromatic heterocycles. The Labute approximate surface area is 139 Å². The summed E-state index contributed by atoms with van der Waals surface area (Å²) in [6.45, 7) is 6.60. The van der Waals surface area contributed by atoms with Gasteiger partial charge in [0.05, 0.1) is 5.75 Å². The molecule has 0 radical (unpaired) electrons. The molecule has 1 aromatic carbocycles. The summed E-state index contributed by atoms with van der Waals surface area (Å²) in [6, 6.07) is 6.00. The van der Waals surface area contributed by atoms with Crippen molar-refractivity contribution in [1.82, 2.24) is 4.90 Å². The number of amides is 1. The lowest BCUT2D eigenvalue weighted by Gasteiger charge is -2.35. The van der Waals surface area contributed by atoms with E-state index in [1.165, 1.54) is 0 Å². The fourth-order valence-corrected chi connectivity index (χ4v) is 4.70. The van der Waals surface area contributed by atoms with Crippen LogP contribution in [-0.2, 0) is 20.4 Å². The average Bonchev–Trinajstić information content (AvgIpc) is 2.50. The van der Waals surface area contributed by atoms with Gasteiger partial charge < -0.3 is 4.90 Å². The van der Waals surface area contributed by atoms with Gasteiger partial charge in [-0.15, -0.1) is 0 Å². The van der Waals surface area contributed by atoms with Crippen molar-refractivity contribution >= 4 is 15.7 Å². The number of benzene rings is 1. The lowest BCUT2D eigenvalue weighted by atomic mass is 10.0. The van der Waals surface area contributed by atoms with Gasteiger partial charge in [-0.25, -0.2) is 8.42 Å². The van der Waals surface area contributed by atoms with E-state index >= 15 is 0 Å². The Morgan fingerprint density at radius 1 is 1.26 bits per heavy atom. The number of hydrogen-bond donors (Lipinski definition) is 0. The molecule has 5 heteroatoms. The molecule has 128 valence electrons. The minimum Gasteiger partial charge on any atom is -0.339 e. The molecule has 0 unspecified atom stereocenters. The molecule has 1 aromatic rings. The minimum atomic E-state index is -3.45. The molecule has 0 N–H and O–H groups in total. The van der Waals surface area contributed by atoms with Crippen LogP contribution in [0.4, 0.5) is 0 Å². The van der Waals surface area contributed by atoms with Crippen molar-refractivity contribution in [3.05, 3.63) is 34.9 Å². The third-order valence-electron chi connectivity index (χ3n) is 4.64. The largest absolute Gasteiger partial charge is 0.339 e. The van der Waals surface area contributed by atoms with Gasteiger partial charge in [-0.2, -0.15) is 0 Å². The first-order valence-electron chi connectivity index (χ1n) is 8.38. The van der Waals surface area contributed by atoms with Crippen molar-refractivity contribution in [3.8, 4) is 0 Å². The summed E-state index contributed by atoms with van der Waals surface area (Å²) in [6.07, 6.45) is 3.97. The number of sulfone groups is 1. The summed E-state index contributed by atoms with van der Waals surface area (Å²) < 4.78 is 24.9. The van der Waals surface area contributed by atoms with Gasteiger partial charge >= 0.3 is 0 Å². The molecule has 1 aliphatic rings. The van der Waals surface area contributed by atoms with E-state index in [2.05, 4.69) is 6.92 Å². The molecule has 0 saturated carbocycles. The summed E-state index contributed by atoms with van der Waals surface area (Å²) >= 11 is 0. The maximum absolute atomic E-state index is 12.5. The molecule has 1 saturated heterocycles. The first-order chi connectivity index (χ1) is 10.8. The Morgan fingerprint density at radius 2 is 2.00 bits per heavy atom. The molecule has 23 heavy (non-hydrogen) atoms. The first-order valence-corrected chi connectivity index (χ1v) is 10.2. The first kappa shape index (κ1) is 18.0. The van der Waals surface area contributed by atoms with Crippen molar-refractivity contribution in [2.45, 2.75) is 58.2 Å². The predicted molar refractivity (Wildman–Crippen MR) is 93.0 cm³/mol. The highest BCUT2D eigenvalue weighted by Gasteiger charge is 2.28. The Hall–Kier alpha value is -1.36. The van der Waals surface area contributed by atoms with E-state index in [-0.39, 0.29) is 23.5 Å². The molecule has 0 spiro atoms. The third kappa shape index (κ3) is 4.80. The van der Waals surface area contributed by atoms with E-state index in [1.54, 1.807) is 4.90 Å². The fraction of sp³-hybridized carbons (Fsp3) is 0.611. The quantitative estimate of drug-likeness (QED) is 0.830. The molecule has 1 heterocycles. The van der Waals surface area contributed by atoms with E-state index in [9.17, 15) is 13.2 Å². The average molecular weight is 337 g/mol. The Balaban J connectivity index is 2.08. The van der Waals surface area contributed by atoms with Crippen LogP contribution in [0.5, 0.6) is 0 Å². The number of carbonyl (C=O) groups excluding carboxylic acids is 1. The highest BCUT2D eigenvalue weighted by atomic mass is 32.2. The number of nitrogens with zero attached hydrogens (tertiary/aromatic N) is 1. The Bertz CT molecular complexity index is 667. The lowest BCUT2D eigenvalue weighted by Crippen LogP contribution is -2.45. The lowest BCUT2D eigenvalue weighted by molar-refractivity contribution is -0.132. The zero-order valence-corrected chi connectivity index (χ0v) is 15.2. The normalized spacial score (nSPS) is 18.9. The number of hydrogen-bond acceptors (Lipinski definition) is 3. The Morgan fingerprint density at radius 3 is 2.70 bits per heavy atom. The van der Waals surface area contributed by atoms with Gasteiger partial charge in [0.15, 0.2) is 9.84 Å². The van der Waals surface area contributed by atoms with Gasteiger partial charge in [0.1, 0.15) is 5.75 Å². The van der Waals surface area contributed by atoms with Crippen LogP contribution in [0.1, 0.15) is 49.3 Å². The number of aryl methyl sites for hydroxylation is 2. The molecular formula is C18H27NO3S. The molecule has 0 aliphatic carbocycles. The number of likely N-dealkylation sites (tertiary alicyclic amines) is 1. The van der Waals surface area contributed by atoms with Crippen molar-refractivity contribution in [2.24, 2.45) is 0 Å². The monoisotopic (exact) mass is 337 g/mol. The van der Waals surface area contributed by atoms with Crippen LogP contribution in [0, 0.1) is 13.8 Å². The van der Waals surface area contributed by atoms with Gasteiger partial charge in [-0.1, -0.05) is 30.7 Å². The van der Waals surface area contributed by atoms with Crippen molar-refractivity contribution in [2.75, 3.05) is 12.3 Å². The smallest absolute Gasteiger partial charge is 0.238 e. The van der Waals surface area contributed by atoms with Crippen LogP contribution in [0.3, 0.4) is 0 Å². The van der Waals surface area contributed by atoms with Gasteiger partial charge in [-0.05, 0) is 50.7 Å². The summed E-state index contributed by atoms with van der Waals surface area (Å²) in [5.74, 6) is -0.671.